The van der Waals surface area contributed by atoms with Crippen LogP contribution >= 0.6 is 22.9 Å². The Morgan fingerprint density at radius 1 is 1.45 bits per heavy atom. The van der Waals surface area contributed by atoms with Gasteiger partial charge in [0.1, 0.15) is 17.6 Å². The Bertz CT molecular complexity index is 992. The molecule has 3 rings (SSSR count). The highest BCUT2D eigenvalue weighted by molar-refractivity contribution is 7.09. The molecule has 0 saturated carbocycles. The molecule has 1 atom stereocenters. The molecule has 29 heavy (non-hydrogen) atoms. The van der Waals surface area contributed by atoms with E-state index in [1.807, 2.05) is 0 Å². The van der Waals surface area contributed by atoms with Crippen LogP contribution in [0.1, 0.15) is 27.5 Å². The summed E-state index contributed by atoms with van der Waals surface area (Å²) >= 11 is 6.94. The van der Waals surface area contributed by atoms with E-state index in [0.717, 1.165) is 4.90 Å². The number of nitriles is 1. The zero-order valence-electron chi connectivity index (χ0n) is 14.8. The predicted octanol–water partition coefficient (Wildman–Crippen LogP) is 3.02. The first-order valence-electron chi connectivity index (χ1n) is 8.42. The van der Waals surface area contributed by atoms with Gasteiger partial charge in [0.15, 0.2) is 0 Å². The van der Waals surface area contributed by atoms with E-state index in [1.165, 1.54) is 28.8 Å². The second kappa shape index (κ2) is 8.39. The number of amides is 2. The van der Waals surface area contributed by atoms with Crippen molar-refractivity contribution in [3.8, 4) is 6.07 Å². The average Bonchev–Trinajstić information content (AvgIpc) is 3.26. The number of likely N-dealkylation sites (tertiary alicyclic amines) is 1. The fourth-order valence-corrected chi connectivity index (χ4v) is 3.87. The van der Waals surface area contributed by atoms with E-state index in [4.69, 9.17) is 16.9 Å². The number of nitrogens with one attached hydrogen (secondary N) is 1. The number of carbonyl (C=O) groups excluding carboxylic acids is 2. The number of carbonyl (C=O) groups is 2. The molecule has 1 aromatic heterocycles. The van der Waals surface area contributed by atoms with Crippen molar-refractivity contribution >= 4 is 34.8 Å². The largest absolute Gasteiger partial charge is 0.342 e. The summed E-state index contributed by atoms with van der Waals surface area (Å²) in [5, 5.41) is 13.3. The van der Waals surface area contributed by atoms with Crippen LogP contribution in [0, 0.1) is 17.1 Å². The summed E-state index contributed by atoms with van der Waals surface area (Å²) in [7, 11) is 0. The summed E-state index contributed by atoms with van der Waals surface area (Å²) in [6.45, 7) is -1.37. The minimum Gasteiger partial charge on any atom is -0.342 e. The fraction of sp³-hybridized carbons (Fsp3) is 0.333. The number of aromatic nitrogens is 1. The van der Waals surface area contributed by atoms with Crippen LogP contribution in [0.3, 0.4) is 0 Å². The van der Waals surface area contributed by atoms with Gasteiger partial charge in [-0.2, -0.15) is 5.26 Å². The molecule has 0 aliphatic carbocycles. The molecule has 2 amide bonds. The molecule has 0 bridgehead atoms. The maximum atomic E-state index is 13.4. The molecule has 0 radical (unpaired) electrons. The van der Waals surface area contributed by atoms with E-state index in [9.17, 15) is 22.8 Å². The normalized spacial score (nSPS) is 17.8. The predicted molar refractivity (Wildman–Crippen MR) is 99.3 cm³/mol. The van der Waals surface area contributed by atoms with Crippen LogP contribution in [0.25, 0.3) is 0 Å². The van der Waals surface area contributed by atoms with Gasteiger partial charge in [0, 0.05) is 18.2 Å². The summed E-state index contributed by atoms with van der Waals surface area (Å²) in [5.74, 6) is -5.06. The van der Waals surface area contributed by atoms with Gasteiger partial charge in [0.25, 0.3) is 11.8 Å². The van der Waals surface area contributed by atoms with Gasteiger partial charge in [-0.3, -0.25) is 9.59 Å². The first-order chi connectivity index (χ1) is 13.7. The lowest BCUT2D eigenvalue weighted by Crippen LogP contribution is -2.43. The minimum absolute atomic E-state index is 0.0151. The van der Waals surface area contributed by atoms with Crippen molar-refractivity contribution in [2.75, 3.05) is 13.1 Å². The maximum Gasteiger partial charge on any atom is 0.271 e. The number of nitrogens with zero attached hydrogens (tertiary/aromatic N) is 3. The van der Waals surface area contributed by atoms with E-state index in [-0.39, 0.29) is 10.7 Å². The van der Waals surface area contributed by atoms with E-state index in [2.05, 4.69) is 10.3 Å². The maximum absolute atomic E-state index is 13.4. The van der Waals surface area contributed by atoms with Gasteiger partial charge in [0.2, 0.25) is 5.91 Å². The smallest absolute Gasteiger partial charge is 0.271 e. The molecule has 11 heteroatoms. The summed E-state index contributed by atoms with van der Waals surface area (Å²) in [6.07, 6.45) is -0.379. The van der Waals surface area contributed by atoms with Crippen molar-refractivity contribution in [3.63, 3.8) is 0 Å². The molecule has 152 valence electrons. The number of hydrogen-bond donors (Lipinski definition) is 1. The molecular weight excluding hydrogens is 429 g/mol. The van der Waals surface area contributed by atoms with Crippen molar-refractivity contribution in [2.45, 2.75) is 24.8 Å². The van der Waals surface area contributed by atoms with E-state index >= 15 is 0 Å². The zero-order chi connectivity index (χ0) is 21.2. The fourth-order valence-electron chi connectivity index (χ4n) is 2.86. The van der Waals surface area contributed by atoms with Crippen LogP contribution < -0.4 is 5.32 Å². The SMILES string of the molecule is N#C[C@@H]1CC(F)(F)CN1C(=O)CNC(=O)c1csc(Cc2ccc(F)c(Cl)c2)n1. The van der Waals surface area contributed by atoms with Gasteiger partial charge in [-0.05, 0) is 17.7 Å². The van der Waals surface area contributed by atoms with Gasteiger partial charge in [-0.1, -0.05) is 17.7 Å². The summed E-state index contributed by atoms with van der Waals surface area (Å²) in [4.78, 5) is 29.2. The average molecular weight is 443 g/mol. The van der Waals surface area contributed by atoms with Crippen molar-refractivity contribution in [2.24, 2.45) is 0 Å². The molecule has 1 aliphatic rings. The Morgan fingerprint density at radius 2 is 2.21 bits per heavy atom. The van der Waals surface area contributed by atoms with Crippen LogP contribution in [0.2, 0.25) is 5.02 Å². The van der Waals surface area contributed by atoms with Gasteiger partial charge in [-0.15, -0.1) is 11.3 Å². The van der Waals surface area contributed by atoms with Gasteiger partial charge < -0.3 is 10.2 Å². The number of hydrogen-bond acceptors (Lipinski definition) is 5. The lowest BCUT2D eigenvalue weighted by Gasteiger charge is -2.19. The molecule has 1 aliphatic heterocycles. The quantitative estimate of drug-likeness (QED) is 0.771. The monoisotopic (exact) mass is 442 g/mol. The van der Waals surface area contributed by atoms with Crippen molar-refractivity contribution < 1.29 is 22.8 Å². The van der Waals surface area contributed by atoms with Gasteiger partial charge in [-0.25, -0.2) is 18.2 Å². The number of alkyl halides is 2. The molecule has 0 unspecified atom stereocenters. The van der Waals surface area contributed by atoms with Crippen molar-refractivity contribution in [1.82, 2.24) is 15.2 Å². The first-order valence-corrected chi connectivity index (χ1v) is 9.68. The lowest BCUT2D eigenvalue weighted by atomic mass is 10.1. The second-order valence-electron chi connectivity index (χ2n) is 6.46. The van der Waals surface area contributed by atoms with Crippen LogP contribution in [0.5, 0.6) is 0 Å². The Labute approximate surface area is 172 Å². The topological polar surface area (TPSA) is 86.1 Å². The standard InChI is InChI=1S/C18H14ClF3N4O2S/c19-12-3-10(1-2-13(12)20)4-15-25-14(8-29-15)17(28)24-7-16(27)26-9-18(21,22)5-11(26)6-23/h1-3,8,11H,4-5,7,9H2,(H,24,28)/t11-/m0/s1. The molecule has 2 heterocycles. The van der Waals surface area contributed by atoms with Crippen LogP contribution in [-0.4, -0.2) is 46.8 Å². The summed E-state index contributed by atoms with van der Waals surface area (Å²) in [6, 6.07) is 4.71. The van der Waals surface area contributed by atoms with E-state index in [1.54, 1.807) is 12.1 Å². The molecular formula is C18H14ClF3N4O2S. The number of rotatable bonds is 5. The third-order valence-corrected chi connectivity index (χ3v) is 5.40. The zero-order valence-corrected chi connectivity index (χ0v) is 16.4. The highest BCUT2D eigenvalue weighted by Gasteiger charge is 2.47. The third-order valence-electron chi connectivity index (χ3n) is 4.26. The molecule has 1 fully saturated rings. The molecule has 6 nitrogen and oxygen atoms in total. The number of halogens is 4. The minimum atomic E-state index is -3.12. The second-order valence-corrected chi connectivity index (χ2v) is 7.81. The lowest BCUT2D eigenvalue weighted by molar-refractivity contribution is -0.131. The van der Waals surface area contributed by atoms with Crippen LogP contribution in [0.4, 0.5) is 13.2 Å². The Balaban J connectivity index is 1.57. The van der Waals surface area contributed by atoms with Crippen molar-refractivity contribution in [3.05, 3.63) is 50.7 Å². The van der Waals surface area contributed by atoms with E-state index in [0.29, 0.717) is 17.0 Å². The van der Waals surface area contributed by atoms with Crippen molar-refractivity contribution in [1.29, 1.82) is 5.26 Å². The number of benzene rings is 1. The van der Waals surface area contributed by atoms with E-state index < -0.39 is 49.1 Å². The summed E-state index contributed by atoms with van der Waals surface area (Å²) < 4.78 is 40.0. The molecule has 2 aromatic rings. The molecule has 1 N–H and O–H groups in total. The van der Waals surface area contributed by atoms with Crippen LogP contribution in [0.15, 0.2) is 23.6 Å². The molecule has 0 spiro atoms. The van der Waals surface area contributed by atoms with Crippen LogP contribution in [-0.2, 0) is 11.2 Å². The highest BCUT2D eigenvalue weighted by atomic mass is 35.5. The first kappa shape index (κ1) is 21.1. The Hall–Kier alpha value is -2.64. The summed E-state index contributed by atoms with van der Waals surface area (Å²) in [5.41, 5.74) is 0.778. The third kappa shape index (κ3) is 5.05. The van der Waals surface area contributed by atoms with Gasteiger partial charge in [0.05, 0.1) is 29.2 Å². The van der Waals surface area contributed by atoms with Gasteiger partial charge >= 0.3 is 0 Å². The number of thiazole rings is 1. The molecule has 1 saturated heterocycles. The molecule has 1 aromatic carbocycles. The Morgan fingerprint density at radius 3 is 2.90 bits per heavy atom. The highest BCUT2D eigenvalue weighted by Crippen LogP contribution is 2.31. The Kier molecular flexibility index (Phi) is 6.10.